The summed E-state index contributed by atoms with van der Waals surface area (Å²) in [4.78, 5) is 13.5. The van der Waals surface area contributed by atoms with Crippen LogP contribution in [0.15, 0.2) is 0 Å². The van der Waals surface area contributed by atoms with Gasteiger partial charge < -0.3 is 15.2 Å². The zero-order valence-corrected chi connectivity index (χ0v) is 10.5. The van der Waals surface area contributed by atoms with Gasteiger partial charge >= 0.3 is 6.09 Å². The Balaban J connectivity index is 2.36. The molecule has 0 spiro atoms. The fourth-order valence-electron chi connectivity index (χ4n) is 1.87. The Morgan fingerprint density at radius 1 is 1.56 bits per heavy atom. The zero-order chi connectivity index (χ0) is 12.3. The molecule has 5 nitrogen and oxygen atoms in total. The Labute approximate surface area is 96.8 Å². The molecule has 0 radical (unpaired) electrons. The first-order valence-electron chi connectivity index (χ1n) is 5.62. The summed E-state index contributed by atoms with van der Waals surface area (Å²) < 4.78 is 5.17. The van der Waals surface area contributed by atoms with Crippen LogP contribution in [0.4, 0.5) is 4.79 Å². The Morgan fingerprint density at radius 2 is 2.19 bits per heavy atom. The standard InChI is InChI=1S/C11H22N2O3/c1-11(2,3)16-10(15)12-8-5-9(7-14)13(4)6-8/h8-9,14H,5-7H2,1-4H3,(H,12,15)/t8-,9+/m1/s1. The number of alkyl carbamates (subject to hydrolysis) is 1. The lowest BCUT2D eigenvalue weighted by Crippen LogP contribution is -2.40. The SMILES string of the molecule is CN1C[C@H](NC(=O)OC(C)(C)C)C[C@H]1CO. The maximum absolute atomic E-state index is 11.5. The summed E-state index contributed by atoms with van der Waals surface area (Å²) in [7, 11) is 1.94. The Hall–Kier alpha value is -0.810. The van der Waals surface area contributed by atoms with Crippen LogP contribution in [0.1, 0.15) is 27.2 Å². The largest absolute Gasteiger partial charge is 0.444 e. The Morgan fingerprint density at radius 3 is 2.62 bits per heavy atom. The predicted octanol–water partition coefficient (Wildman–Crippen LogP) is 0.576. The van der Waals surface area contributed by atoms with Crippen LogP contribution in [-0.4, -0.2) is 54.0 Å². The van der Waals surface area contributed by atoms with E-state index in [0.29, 0.717) is 0 Å². The number of aliphatic hydroxyl groups is 1. The summed E-state index contributed by atoms with van der Waals surface area (Å²) in [6, 6.07) is 0.205. The first-order valence-corrected chi connectivity index (χ1v) is 5.62. The number of aliphatic hydroxyl groups excluding tert-OH is 1. The second-order valence-electron chi connectivity index (χ2n) is 5.35. The summed E-state index contributed by atoms with van der Waals surface area (Å²) in [5, 5.41) is 11.9. The lowest BCUT2D eigenvalue weighted by molar-refractivity contribution is 0.0506. The highest BCUT2D eigenvalue weighted by Crippen LogP contribution is 2.16. The number of carbonyl (C=O) groups excluding carboxylic acids is 1. The van der Waals surface area contributed by atoms with Crippen molar-refractivity contribution >= 4 is 6.09 Å². The molecule has 5 heteroatoms. The third-order valence-electron chi connectivity index (χ3n) is 2.62. The van der Waals surface area contributed by atoms with Gasteiger partial charge in [-0.05, 0) is 34.2 Å². The van der Waals surface area contributed by atoms with Crippen molar-refractivity contribution in [3.63, 3.8) is 0 Å². The molecule has 0 aromatic rings. The minimum Gasteiger partial charge on any atom is -0.444 e. The molecule has 1 amide bonds. The van der Waals surface area contributed by atoms with Crippen LogP contribution in [0.25, 0.3) is 0 Å². The first kappa shape index (κ1) is 13.3. The molecule has 0 bridgehead atoms. The molecule has 0 aliphatic carbocycles. The van der Waals surface area contributed by atoms with E-state index in [1.54, 1.807) is 0 Å². The number of nitrogens with one attached hydrogen (secondary N) is 1. The number of hydrogen-bond acceptors (Lipinski definition) is 4. The first-order chi connectivity index (χ1) is 7.31. The van der Waals surface area contributed by atoms with Crippen molar-refractivity contribution in [2.24, 2.45) is 0 Å². The molecule has 1 aliphatic heterocycles. The quantitative estimate of drug-likeness (QED) is 0.728. The number of likely N-dealkylation sites (N-methyl/N-ethyl adjacent to an activating group) is 1. The average molecular weight is 230 g/mol. The van der Waals surface area contributed by atoms with Gasteiger partial charge in [-0.2, -0.15) is 0 Å². The minimum absolute atomic E-state index is 0.0667. The number of carbonyl (C=O) groups is 1. The van der Waals surface area contributed by atoms with Crippen molar-refractivity contribution < 1.29 is 14.6 Å². The van der Waals surface area contributed by atoms with Gasteiger partial charge in [-0.3, -0.25) is 4.90 Å². The molecular formula is C11H22N2O3. The van der Waals surface area contributed by atoms with Gasteiger partial charge in [0.15, 0.2) is 0 Å². The third-order valence-corrected chi connectivity index (χ3v) is 2.62. The third kappa shape index (κ3) is 3.98. The van der Waals surface area contributed by atoms with Gasteiger partial charge in [0.05, 0.1) is 6.61 Å². The van der Waals surface area contributed by atoms with Crippen LogP contribution >= 0.6 is 0 Å². The maximum Gasteiger partial charge on any atom is 0.407 e. The van der Waals surface area contributed by atoms with Crippen LogP contribution in [0, 0.1) is 0 Å². The maximum atomic E-state index is 11.5. The molecule has 0 aromatic heterocycles. The molecule has 94 valence electrons. The van der Waals surface area contributed by atoms with Gasteiger partial charge in [-0.25, -0.2) is 4.79 Å². The van der Waals surface area contributed by atoms with Gasteiger partial charge in [0.2, 0.25) is 0 Å². The van der Waals surface area contributed by atoms with Crippen LogP contribution in [0.3, 0.4) is 0 Å². The second-order valence-corrected chi connectivity index (χ2v) is 5.35. The highest BCUT2D eigenvalue weighted by molar-refractivity contribution is 5.68. The van der Waals surface area contributed by atoms with Crippen molar-refractivity contribution in [1.82, 2.24) is 10.2 Å². The van der Waals surface area contributed by atoms with Crippen molar-refractivity contribution in [2.45, 2.75) is 44.9 Å². The number of rotatable bonds is 2. The smallest absolute Gasteiger partial charge is 0.407 e. The Bertz CT molecular complexity index is 250. The predicted molar refractivity (Wildman–Crippen MR) is 61.3 cm³/mol. The minimum atomic E-state index is -0.467. The fourth-order valence-corrected chi connectivity index (χ4v) is 1.87. The number of hydrogen-bond donors (Lipinski definition) is 2. The molecule has 1 heterocycles. The highest BCUT2D eigenvalue weighted by Gasteiger charge is 2.30. The van der Waals surface area contributed by atoms with E-state index in [2.05, 4.69) is 5.32 Å². The zero-order valence-electron chi connectivity index (χ0n) is 10.5. The number of likely N-dealkylation sites (tertiary alicyclic amines) is 1. The molecular weight excluding hydrogens is 208 g/mol. The van der Waals surface area contributed by atoms with E-state index in [0.717, 1.165) is 13.0 Å². The molecule has 0 aromatic carbocycles. The van der Waals surface area contributed by atoms with E-state index < -0.39 is 5.60 Å². The molecule has 2 atom stereocenters. The van der Waals surface area contributed by atoms with E-state index in [1.165, 1.54) is 0 Å². The van der Waals surface area contributed by atoms with Gasteiger partial charge in [0.25, 0.3) is 0 Å². The summed E-state index contributed by atoms with van der Waals surface area (Å²) in [5.74, 6) is 0. The van der Waals surface area contributed by atoms with Crippen molar-refractivity contribution in [2.75, 3.05) is 20.2 Å². The highest BCUT2D eigenvalue weighted by atomic mass is 16.6. The van der Waals surface area contributed by atoms with Gasteiger partial charge in [-0.15, -0.1) is 0 Å². The van der Waals surface area contributed by atoms with Crippen LogP contribution in [-0.2, 0) is 4.74 Å². The summed E-state index contributed by atoms with van der Waals surface area (Å²) in [5.41, 5.74) is -0.467. The summed E-state index contributed by atoms with van der Waals surface area (Å²) >= 11 is 0. The molecule has 1 aliphatic rings. The normalized spacial score (nSPS) is 26.8. The van der Waals surface area contributed by atoms with E-state index in [9.17, 15) is 4.79 Å². The van der Waals surface area contributed by atoms with Crippen molar-refractivity contribution in [3.05, 3.63) is 0 Å². The topological polar surface area (TPSA) is 61.8 Å². The fraction of sp³-hybridized carbons (Fsp3) is 0.909. The molecule has 0 unspecified atom stereocenters. The lowest BCUT2D eigenvalue weighted by atomic mass is 10.2. The monoisotopic (exact) mass is 230 g/mol. The van der Waals surface area contributed by atoms with Gasteiger partial charge in [0, 0.05) is 18.6 Å². The molecule has 2 N–H and O–H groups in total. The second kappa shape index (κ2) is 5.01. The summed E-state index contributed by atoms with van der Waals surface area (Å²) in [6.45, 7) is 6.39. The molecule has 16 heavy (non-hydrogen) atoms. The molecule has 1 fully saturated rings. The average Bonchev–Trinajstić information content (AvgIpc) is 2.42. The van der Waals surface area contributed by atoms with Crippen molar-refractivity contribution in [3.8, 4) is 0 Å². The summed E-state index contributed by atoms with van der Waals surface area (Å²) in [6.07, 6.45) is 0.385. The van der Waals surface area contributed by atoms with Gasteiger partial charge in [0.1, 0.15) is 5.60 Å². The van der Waals surface area contributed by atoms with E-state index in [4.69, 9.17) is 9.84 Å². The van der Waals surface area contributed by atoms with E-state index >= 15 is 0 Å². The Kier molecular flexibility index (Phi) is 4.15. The van der Waals surface area contributed by atoms with Crippen LogP contribution in [0.5, 0.6) is 0 Å². The molecule has 0 saturated carbocycles. The molecule has 1 saturated heterocycles. The van der Waals surface area contributed by atoms with Crippen LogP contribution in [0.2, 0.25) is 0 Å². The number of nitrogens with zero attached hydrogens (tertiary/aromatic N) is 1. The van der Waals surface area contributed by atoms with Crippen molar-refractivity contribution in [1.29, 1.82) is 0 Å². The number of ether oxygens (including phenoxy) is 1. The van der Waals surface area contributed by atoms with Gasteiger partial charge in [-0.1, -0.05) is 0 Å². The van der Waals surface area contributed by atoms with E-state index in [-0.39, 0.29) is 24.8 Å². The van der Waals surface area contributed by atoms with E-state index in [1.807, 2.05) is 32.7 Å². The number of amides is 1. The lowest BCUT2D eigenvalue weighted by Gasteiger charge is -2.21. The molecule has 1 rings (SSSR count). The van der Waals surface area contributed by atoms with Crippen LogP contribution < -0.4 is 5.32 Å².